The zero-order valence-corrected chi connectivity index (χ0v) is 21.6. The number of fused-ring (bicyclic) bond motifs is 1. The van der Waals surface area contributed by atoms with Gasteiger partial charge in [0.25, 0.3) is 5.91 Å². The van der Waals surface area contributed by atoms with Crippen molar-refractivity contribution in [3.8, 4) is 11.5 Å². The van der Waals surface area contributed by atoms with Crippen LogP contribution in [-0.4, -0.2) is 73.1 Å². The highest BCUT2D eigenvalue weighted by atomic mass is 16.6. The summed E-state index contributed by atoms with van der Waals surface area (Å²) < 4.78 is 17.1. The summed E-state index contributed by atoms with van der Waals surface area (Å²) in [5, 5.41) is 0. The van der Waals surface area contributed by atoms with Crippen molar-refractivity contribution in [2.45, 2.75) is 44.4 Å². The molecule has 9 nitrogen and oxygen atoms in total. The lowest BCUT2D eigenvalue weighted by atomic mass is 10.00. The SMILES string of the molecule is C=CC(=O)N1CCC(Oc2ccc(C(=O)N3CCC(N4C(=O)OCc5ccccc54)CC3)c(OC)c2)CC1. The van der Waals surface area contributed by atoms with Crippen LogP contribution in [0.2, 0.25) is 0 Å². The minimum atomic E-state index is -0.330. The van der Waals surface area contributed by atoms with E-state index in [2.05, 4.69) is 6.58 Å². The van der Waals surface area contributed by atoms with Gasteiger partial charge in [-0.15, -0.1) is 0 Å². The molecule has 0 saturated carbocycles. The van der Waals surface area contributed by atoms with Crippen molar-refractivity contribution in [3.63, 3.8) is 0 Å². The molecule has 5 rings (SSSR count). The number of hydrogen-bond donors (Lipinski definition) is 0. The van der Waals surface area contributed by atoms with Gasteiger partial charge in [0.1, 0.15) is 24.2 Å². The van der Waals surface area contributed by atoms with Crippen LogP contribution in [0, 0.1) is 0 Å². The molecule has 0 atom stereocenters. The van der Waals surface area contributed by atoms with E-state index in [0.717, 1.165) is 24.1 Å². The number of methoxy groups -OCH3 is 1. The molecule has 0 unspecified atom stereocenters. The number of ether oxygens (including phenoxy) is 3. The van der Waals surface area contributed by atoms with Gasteiger partial charge in [0.05, 0.1) is 18.4 Å². The number of anilines is 1. The molecule has 0 aromatic heterocycles. The minimum absolute atomic E-state index is 0.0132. The lowest BCUT2D eigenvalue weighted by Gasteiger charge is -2.40. The molecule has 3 aliphatic rings. The molecule has 3 heterocycles. The summed E-state index contributed by atoms with van der Waals surface area (Å²) in [5.74, 6) is 0.928. The summed E-state index contributed by atoms with van der Waals surface area (Å²) >= 11 is 0. The monoisotopic (exact) mass is 519 g/mol. The van der Waals surface area contributed by atoms with E-state index in [1.165, 1.54) is 6.08 Å². The number of cyclic esters (lactones) is 1. The Morgan fingerprint density at radius 1 is 1.00 bits per heavy atom. The van der Waals surface area contributed by atoms with Crippen LogP contribution in [-0.2, 0) is 16.1 Å². The third-order valence-corrected chi connectivity index (χ3v) is 7.55. The van der Waals surface area contributed by atoms with Crippen LogP contribution in [0.15, 0.2) is 55.1 Å². The van der Waals surface area contributed by atoms with Gasteiger partial charge < -0.3 is 24.0 Å². The Bertz CT molecular complexity index is 1210. The molecule has 2 aromatic rings. The molecule has 0 aliphatic carbocycles. The maximum absolute atomic E-state index is 13.4. The summed E-state index contributed by atoms with van der Waals surface area (Å²) in [6.07, 6.45) is 3.77. The molecule has 2 saturated heterocycles. The van der Waals surface area contributed by atoms with Crippen molar-refractivity contribution in [2.75, 3.05) is 38.2 Å². The van der Waals surface area contributed by atoms with E-state index in [4.69, 9.17) is 14.2 Å². The molecule has 2 aromatic carbocycles. The summed E-state index contributed by atoms with van der Waals surface area (Å²) in [6, 6.07) is 13.1. The Morgan fingerprint density at radius 2 is 1.71 bits per heavy atom. The lowest BCUT2D eigenvalue weighted by Crippen LogP contribution is -2.50. The van der Waals surface area contributed by atoms with Gasteiger partial charge in [0.2, 0.25) is 5.91 Å². The van der Waals surface area contributed by atoms with Gasteiger partial charge in [-0.1, -0.05) is 24.8 Å². The van der Waals surface area contributed by atoms with Gasteiger partial charge in [-0.2, -0.15) is 0 Å². The molecule has 2 fully saturated rings. The van der Waals surface area contributed by atoms with Crippen molar-refractivity contribution in [1.82, 2.24) is 9.80 Å². The predicted molar refractivity (Wildman–Crippen MR) is 141 cm³/mol. The maximum Gasteiger partial charge on any atom is 0.414 e. The molecule has 200 valence electrons. The molecule has 0 radical (unpaired) electrons. The number of carbonyl (C=O) groups is 3. The van der Waals surface area contributed by atoms with Crippen molar-refractivity contribution >= 4 is 23.6 Å². The largest absolute Gasteiger partial charge is 0.496 e. The average molecular weight is 520 g/mol. The Labute approximate surface area is 222 Å². The van der Waals surface area contributed by atoms with E-state index in [0.29, 0.717) is 56.1 Å². The van der Waals surface area contributed by atoms with E-state index in [1.807, 2.05) is 29.2 Å². The number of para-hydroxylation sites is 1. The number of nitrogens with zero attached hydrogens (tertiary/aromatic N) is 3. The Balaban J connectivity index is 1.20. The van der Waals surface area contributed by atoms with E-state index < -0.39 is 0 Å². The maximum atomic E-state index is 13.4. The summed E-state index contributed by atoms with van der Waals surface area (Å²) in [5.41, 5.74) is 2.37. The Morgan fingerprint density at radius 3 is 2.42 bits per heavy atom. The van der Waals surface area contributed by atoms with Gasteiger partial charge in [-0.05, 0) is 37.1 Å². The molecule has 3 aliphatic heterocycles. The molecule has 0 spiro atoms. The predicted octanol–water partition coefficient (Wildman–Crippen LogP) is 4.01. The fraction of sp³-hybridized carbons (Fsp3) is 0.414. The third-order valence-electron chi connectivity index (χ3n) is 7.55. The summed E-state index contributed by atoms with van der Waals surface area (Å²) in [4.78, 5) is 43.1. The average Bonchev–Trinajstić information content (AvgIpc) is 2.97. The first-order chi connectivity index (χ1) is 18.5. The Hall–Kier alpha value is -4.01. The minimum Gasteiger partial charge on any atom is -0.496 e. The number of benzene rings is 2. The molecule has 3 amide bonds. The van der Waals surface area contributed by atoms with Crippen LogP contribution in [0.4, 0.5) is 10.5 Å². The van der Waals surface area contributed by atoms with Crippen LogP contribution < -0.4 is 14.4 Å². The number of rotatable bonds is 6. The second kappa shape index (κ2) is 11.2. The second-order valence-corrected chi connectivity index (χ2v) is 9.79. The molecule has 0 bridgehead atoms. The second-order valence-electron chi connectivity index (χ2n) is 9.79. The van der Waals surface area contributed by atoms with Crippen LogP contribution in [0.1, 0.15) is 41.6 Å². The van der Waals surface area contributed by atoms with Crippen molar-refractivity contribution in [1.29, 1.82) is 0 Å². The zero-order valence-electron chi connectivity index (χ0n) is 21.6. The molecular formula is C29H33N3O6. The van der Waals surface area contributed by atoms with Crippen molar-refractivity contribution in [3.05, 3.63) is 66.2 Å². The highest BCUT2D eigenvalue weighted by molar-refractivity contribution is 5.97. The van der Waals surface area contributed by atoms with Gasteiger partial charge in [0, 0.05) is 56.7 Å². The van der Waals surface area contributed by atoms with Gasteiger partial charge in [-0.25, -0.2) is 4.79 Å². The number of piperidine rings is 2. The summed E-state index contributed by atoms with van der Waals surface area (Å²) in [7, 11) is 1.54. The highest BCUT2D eigenvalue weighted by Crippen LogP contribution is 2.33. The number of carbonyl (C=O) groups excluding carboxylic acids is 3. The molecule has 9 heteroatoms. The van der Waals surface area contributed by atoms with E-state index >= 15 is 0 Å². The first-order valence-corrected chi connectivity index (χ1v) is 13.1. The van der Waals surface area contributed by atoms with E-state index in [9.17, 15) is 14.4 Å². The van der Waals surface area contributed by atoms with E-state index in [1.54, 1.807) is 35.1 Å². The first-order valence-electron chi connectivity index (χ1n) is 13.1. The number of hydrogen-bond acceptors (Lipinski definition) is 6. The fourth-order valence-electron chi connectivity index (χ4n) is 5.46. The normalized spacial score (nSPS) is 18.4. The third kappa shape index (κ3) is 5.18. The molecular weight excluding hydrogens is 486 g/mol. The quantitative estimate of drug-likeness (QED) is 0.536. The fourth-order valence-corrected chi connectivity index (χ4v) is 5.46. The van der Waals surface area contributed by atoms with Crippen LogP contribution in [0.25, 0.3) is 0 Å². The lowest BCUT2D eigenvalue weighted by molar-refractivity contribution is -0.127. The van der Waals surface area contributed by atoms with Crippen LogP contribution >= 0.6 is 0 Å². The number of amides is 3. The van der Waals surface area contributed by atoms with Gasteiger partial charge in [-0.3, -0.25) is 14.5 Å². The smallest absolute Gasteiger partial charge is 0.414 e. The summed E-state index contributed by atoms with van der Waals surface area (Å²) in [6.45, 7) is 6.14. The topological polar surface area (TPSA) is 88.6 Å². The van der Waals surface area contributed by atoms with Crippen LogP contribution in [0.5, 0.6) is 11.5 Å². The van der Waals surface area contributed by atoms with Gasteiger partial charge >= 0.3 is 6.09 Å². The van der Waals surface area contributed by atoms with Crippen molar-refractivity contribution in [2.24, 2.45) is 0 Å². The first kappa shape index (κ1) is 25.6. The van der Waals surface area contributed by atoms with Crippen molar-refractivity contribution < 1.29 is 28.6 Å². The number of likely N-dealkylation sites (tertiary alicyclic amines) is 2. The van der Waals surface area contributed by atoms with E-state index in [-0.39, 0.29) is 36.7 Å². The Kier molecular flexibility index (Phi) is 7.53. The zero-order chi connectivity index (χ0) is 26.6. The molecule has 38 heavy (non-hydrogen) atoms. The standard InChI is InChI=1S/C29H33N3O6/c1-3-27(33)30-16-12-22(13-17-30)38-23-8-9-24(26(18-23)36-2)28(34)31-14-10-21(11-15-31)32-25-7-5-4-6-20(25)19-37-29(32)35/h3-9,18,21-22H,1,10-17,19H2,2H3. The highest BCUT2D eigenvalue weighted by Gasteiger charge is 2.35. The van der Waals surface area contributed by atoms with Crippen LogP contribution in [0.3, 0.4) is 0 Å². The molecule has 0 N–H and O–H groups in total. The van der Waals surface area contributed by atoms with Gasteiger partial charge in [0.15, 0.2) is 0 Å².